The van der Waals surface area contributed by atoms with Gasteiger partial charge in [-0.05, 0) is 57.2 Å². The summed E-state index contributed by atoms with van der Waals surface area (Å²) in [6.07, 6.45) is 0. The van der Waals surface area contributed by atoms with Gasteiger partial charge in [0.1, 0.15) is 0 Å². The first-order valence-corrected chi connectivity index (χ1v) is 10.0. The van der Waals surface area contributed by atoms with Gasteiger partial charge in [0.05, 0.1) is 6.04 Å². The van der Waals surface area contributed by atoms with Gasteiger partial charge in [-0.2, -0.15) is 0 Å². The van der Waals surface area contributed by atoms with Crippen LogP contribution in [0.4, 0.5) is 5.69 Å². The summed E-state index contributed by atoms with van der Waals surface area (Å²) < 4.78 is 5.98. The van der Waals surface area contributed by atoms with Crippen LogP contribution in [-0.2, 0) is 0 Å². The van der Waals surface area contributed by atoms with Crippen LogP contribution < -0.4 is 4.90 Å². The van der Waals surface area contributed by atoms with Crippen molar-refractivity contribution in [3.05, 3.63) is 65.5 Å². The van der Waals surface area contributed by atoms with Crippen LogP contribution in [-0.4, -0.2) is 47.1 Å². The van der Waals surface area contributed by atoms with Crippen LogP contribution in [0.5, 0.6) is 0 Å². The largest absolute Gasteiger partial charge is 0.419 e. The Labute approximate surface area is 171 Å². The van der Waals surface area contributed by atoms with Gasteiger partial charge in [-0.1, -0.05) is 17.7 Å². The summed E-state index contributed by atoms with van der Waals surface area (Å²) in [5, 5.41) is 8.54. The molecule has 1 saturated heterocycles. The second kappa shape index (κ2) is 8.17. The van der Waals surface area contributed by atoms with E-state index in [0.717, 1.165) is 43.0 Å². The van der Waals surface area contributed by atoms with Crippen LogP contribution in [0, 0.1) is 6.92 Å². The summed E-state index contributed by atoms with van der Waals surface area (Å²) in [4.78, 5) is 16.2. The highest BCUT2D eigenvalue weighted by Gasteiger charge is 2.26. The number of Topliss-reactive ketones (excluding diaryl/α,β-unsaturated/α-hetero) is 1. The lowest BCUT2D eigenvalue weighted by Crippen LogP contribution is -2.47. The van der Waals surface area contributed by atoms with Crippen LogP contribution in [0.2, 0.25) is 0 Å². The zero-order valence-corrected chi connectivity index (χ0v) is 17.1. The molecule has 1 aromatic heterocycles. The highest BCUT2D eigenvalue weighted by Crippen LogP contribution is 2.26. The predicted molar refractivity (Wildman–Crippen MR) is 113 cm³/mol. The molecule has 0 aliphatic carbocycles. The van der Waals surface area contributed by atoms with Gasteiger partial charge in [-0.25, -0.2) is 0 Å². The number of piperazine rings is 1. The van der Waals surface area contributed by atoms with Gasteiger partial charge < -0.3 is 9.32 Å². The molecule has 6 nitrogen and oxygen atoms in total. The lowest BCUT2D eigenvalue weighted by Gasteiger charge is -2.38. The third-order valence-corrected chi connectivity index (χ3v) is 5.56. The zero-order chi connectivity index (χ0) is 20.4. The Kier molecular flexibility index (Phi) is 5.45. The molecule has 0 saturated carbocycles. The van der Waals surface area contributed by atoms with Gasteiger partial charge in [-0.15, -0.1) is 10.2 Å². The molecule has 2 heterocycles. The van der Waals surface area contributed by atoms with Crippen molar-refractivity contribution in [2.24, 2.45) is 0 Å². The van der Waals surface area contributed by atoms with E-state index in [4.69, 9.17) is 4.42 Å². The van der Waals surface area contributed by atoms with Gasteiger partial charge >= 0.3 is 0 Å². The molecule has 4 rings (SSSR count). The Morgan fingerprint density at radius 2 is 1.76 bits per heavy atom. The van der Waals surface area contributed by atoms with E-state index in [1.165, 1.54) is 5.56 Å². The van der Waals surface area contributed by atoms with Crippen molar-refractivity contribution in [1.29, 1.82) is 0 Å². The third kappa shape index (κ3) is 4.22. The number of rotatable bonds is 5. The maximum Gasteiger partial charge on any atom is 0.247 e. The van der Waals surface area contributed by atoms with Crippen molar-refractivity contribution >= 4 is 11.5 Å². The van der Waals surface area contributed by atoms with E-state index >= 15 is 0 Å². The molecule has 150 valence electrons. The Morgan fingerprint density at radius 3 is 2.41 bits per heavy atom. The minimum absolute atomic E-state index is 0.0725. The number of nitrogens with zero attached hydrogens (tertiary/aromatic N) is 4. The van der Waals surface area contributed by atoms with Gasteiger partial charge in [0.2, 0.25) is 11.8 Å². The van der Waals surface area contributed by atoms with Crippen molar-refractivity contribution in [2.45, 2.75) is 26.8 Å². The maximum atomic E-state index is 11.5. The normalized spacial score (nSPS) is 16.0. The molecule has 1 aliphatic heterocycles. The van der Waals surface area contributed by atoms with E-state index in [-0.39, 0.29) is 11.8 Å². The molecule has 0 radical (unpaired) electrons. The summed E-state index contributed by atoms with van der Waals surface area (Å²) in [6.45, 7) is 9.43. The van der Waals surface area contributed by atoms with Crippen LogP contribution in [0.1, 0.15) is 41.7 Å². The molecular weight excluding hydrogens is 364 g/mol. The van der Waals surface area contributed by atoms with Gasteiger partial charge in [0.15, 0.2) is 5.78 Å². The molecule has 3 aromatic rings. The first-order valence-electron chi connectivity index (χ1n) is 10.0. The second-order valence-electron chi connectivity index (χ2n) is 7.62. The molecule has 1 fully saturated rings. The molecule has 29 heavy (non-hydrogen) atoms. The van der Waals surface area contributed by atoms with Crippen molar-refractivity contribution in [3.63, 3.8) is 0 Å². The molecule has 0 amide bonds. The van der Waals surface area contributed by atoms with E-state index in [2.05, 4.69) is 46.0 Å². The fourth-order valence-corrected chi connectivity index (χ4v) is 3.73. The maximum absolute atomic E-state index is 11.5. The molecule has 0 bridgehead atoms. The van der Waals surface area contributed by atoms with E-state index < -0.39 is 0 Å². The number of hydrogen-bond donors (Lipinski definition) is 0. The molecule has 2 aromatic carbocycles. The van der Waals surface area contributed by atoms with E-state index in [1.807, 2.05) is 36.4 Å². The Hall–Kier alpha value is -2.99. The second-order valence-corrected chi connectivity index (χ2v) is 7.62. The monoisotopic (exact) mass is 390 g/mol. The fraction of sp³-hybridized carbons (Fsp3) is 0.348. The third-order valence-electron chi connectivity index (χ3n) is 5.56. The average molecular weight is 390 g/mol. The smallest absolute Gasteiger partial charge is 0.247 e. The fourth-order valence-electron chi connectivity index (χ4n) is 3.73. The Morgan fingerprint density at radius 1 is 1.03 bits per heavy atom. The van der Waals surface area contributed by atoms with Crippen molar-refractivity contribution in [3.8, 4) is 11.5 Å². The summed E-state index contributed by atoms with van der Waals surface area (Å²) in [5.74, 6) is 1.32. The molecule has 0 spiro atoms. The number of carbonyl (C=O) groups excluding carboxylic acids is 1. The first kappa shape index (κ1) is 19.3. The molecule has 0 N–H and O–H groups in total. The van der Waals surface area contributed by atoms with Crippen molar-refractivity contribution < 1.29 is 9.21 Å². The SMILES string of the molecule is CC(=O)c1ccc(N2CCN([C@H](C)c3nnc(-c4cccc(C)c4)o3)CC2)cc1. The topological polar surface area (TPSA) is 62.5 Å². The highest BCUT2D eigenvalue weighted by molar-refractivity contribution is 5.94. The van der Waals surface area contributed by atoms with E-state index in [9.17, 15) is 4.79 Å². The predicted octanol–water partition coefficient (Wildman–Crippen LogP) is 4.13. The minimum atomic E-state index is 0.0725. The number of anilines is 1. The number of aromatic nitrogens is 2. The molecule has 1 atom stereocenters. The Balaban J connectivity index is 1.39. The standard InChI is InChI=1S/C23H26N4O2/c1-16-5-4-6-20(15-16)23-25-24-22(29-23)17(2)26-11-13-27(14-12-26)21-9-7-19(8-10-21)18(3)28/h4-10,15,17H,11-14H2,1-3H3/t17-/m1/s1. The number of ketones is 1. The van der Waals surface area contributed by atoms with E-state index in [0.29, 0.717) is 11.8 Å². The number of benzene rings is 2. The lowest BCUT2D eigenvalue weighted by molar-refractivity contribution is 0.101. The van der Waals surface area contributed by atoms with Gasteiger partial charge in [0, 0.05) is 43.0 Å². The summed E-state index contributed by atoms with van der Waals surface area (Å²) in [6, 6.07) is 16.0. The summed E-state index contributed by atoms with van der Waals surface area (Å²) in [5.41, 5.74) is 4.03. The molecule has 0 unspecified atom stereocenters. The van der Waals surface area contributed by atoms with Crippen LogP contribution in [0.25, 0.3) is 11.5 Å². The number of aryl methyl sites for hydroxylation is 1. The molecule has 1 aliphatic rings. The van der Waals surface area contributed by atoms with Crippen LogP contribution in [0.3, 0.4) is 0 Å². The van der Waals surface area contributed by atoms with Crippen molar-refractivity contribution in [2.75, 3.05) is 31.1 Å². The number of carbonyl (C=O) groups is 1. The zero-order valence-electron chi connectivity index (χ0n) is 17.1. The quantitative estimate of drug-likeness (QED) is 0.611. The average Bonchev–Trinajstić information content (AvgIpc) is 3.24. The van der Waals surface area contributed by atoms with E-state index in [1.54, 1.807) is 6.92 Å². The lowest BCUT2D eigenvalue weighted by atomic mass is 10.1. The van der Waals surface area contributed by atoms with Crippen molar-refractivity contribution in [1.82, 2.24) is 15.1 Å². The summed E-state index contributed by atoms with van der Waals surface area (Å²) >= 11 is 0. The highest BCUT2D eigenvalue weighted by atomic mass is 16.4. The van der Waals surface area contributed by atoms with Crippen LogP contribution >= 0.6 is 0 Å². The molecule has 6 heteroatoms. The first-order chi connectivity index (χ1) is 14.0. The van der Waals surface area contributed by atoms with Gasteiger partial charge in [-0.3, -0.25) is 9.69 Å². The summed E-state index contributed by atoms with van der Waals surface area (Å²) in [7, 11) is 0. The van der Waals surface area contributed by atoms with Gasteiger partial charge in [0.25, 0.3) is 0 Å². The van der Waals surface area contributed by atoms with Crippen LogP contribution in [0.15, 0.2) is 52.9 Å². The Bertz CT molecular complexity index is 988. The molecular formula is C23H26N4O2. The number of hydrogen-bond acceptors (Lipinski definition) is 6. The minimum Gasteiger partial charge on any atom is -0.419 e.